The number of nitrogens with one attached hydrogen (secondary N) is 2. The van der Waals surface area contributed by atoms with Gasteiger partial charge in [0.2, 0.25) is 5.91 Å². The van der Waals surface area contributed by atoms with Gasteiger partial charge in [0, 0.05) is 18.7 Å². The summed E-state index contributed by atoms with van der Waals surface area (Å²) in [5, 5.41) is 24.7. The number of hydrogen-bond donors (Lipinski definition) is 3. The van der Waals surface area contributed by atoms with E-state index in [1.165, 1.54) is 13.2 Å². The van der Waals surface area contributed by atoms with E-state index < -0.39 is 34.4 Å². The second-order valence-corrected chi connectivity index (χ2v) is 12.2. The number of methoxy groups -OCH3 is 1. The van der Waals surface area contributed by atoms with Crippen molar-refractivity contribution >= 4 is 17.8 Å². The van der Waals surface area contributed by atoms with Crippen LogP contribution in [0.1, 0.15) is 76.1 Å². The van der Waals surface area contributed by atoms with Crippen molar-refractivity contribution in [2.75, 3.05) is 13.7 Å². The van der Waals surface area contributed by atoms with Crippen molar-refractivity contribution in [2.24, 2.45) is 28.6 Å². The Morgan fingerprint density at radius 3 is 2.44 bits per heavy atom. The first-order valence-electron chi connectivity index (χ1n) is 13.6. The molecule has 2 amide bonds. The number of nitrogens with zero attached hydrogens (tertiary/aromatic N) is 1. The minimum atomic E-state index is -0.850. The van der Waals surface area contributed by atoms with Gasteiger partial charge in [-0.2, -0.15) is 5.26 Å². The van der Waals surface area contributed by atoms with E-state index in [2.05, 4.69) is 16.7 Å². The van der Waals surface area contributed by atoms with E-state index in [4.69, 9.17) is 9.47 Å². The molecule has 212 valence electrons. The zero-order valence-corrected chi connectivity index (χ0v) is 23.0. The lowest BCUT2D eigenvalue weighted by atomic mass is 9.75. The molecular formula is C29H38FN3O6. The summed E-state index contributed by atoms with van der Waals surface area (Å²) in [6, 6.07) is 4.24. The molecule has 3 saturated carbocycles. The molecule has 1 aromatic rings. The third-order valence-corrected chi connectivity index (χ3v) is 8.87. The Labute approximate surface area is 228 Å². The number of benzene rings is 1. The standard InChI is InChI=1S/C29H38FN3O6/c1-28(2,14-31)15-32-26(35)23-16-5-6-17(11-16)24(23)33-25(34)19-12-22(20(30)13-21(19)38-4)39-18-7-9-29(3,10-8-18)27(36)37/h12-13,16-18,23-24H,5-11,15H2,1-4H3,(H,32,35)(H,33,34)(H,36,37)/t16-,17+,18?,23+,24-,29?/m1/s1. The molecule has 4 rings (SSSR count). The number of ether oxygens (including phenoxy) is 2. The maximum absolute atomic E-state index is 14.9. The number of nitriles is 1. The van der Waals surface area contributed by atoms with Crippen molar-refractivity contribution < 1.29 is 33.4 Å². The Morgan fingerprint density at radius 2 is 1.82 bits per heavy atom. The number of fused-ring (bicyclic) bond motifs is 2. The Kier molecular flexibility index (Phi) is 8.10. The summed E-state index contributed by atoms with van der Waals surface area (Å²) >= 11 is 0. The van der Waals surface area contributed by atoms with Crippen LogP contribution in [0.3, 0.4) is 0 Å². The first-order valence-corrected chi connectivity index (χ1v) is 13.6. The number of carboxylic acids is 1. The molecule has 0 radical (unpaired) electrons. The molecule has 9 nitrogen and oxygen atoms in total. The number of amides is 2. The van der Waals surface area contributed by atoms with Gasteiger partial charge in [0.25, 0.3) is 5.91 Å². The number of hydrogen-bond acceptors (Lipinski definition) is 6. The molecule has 1 aromatic carbocycles. The van der Waals surface area contributed by atoms with Crippen molar-refractivity contribution in [3.8, 4) is 17.6 Å². The van der Waals surface area contributed by atoms with Gasteiger partial charge in [-0.05, 0) is 83.6 Å². The monoisotopic (exact) mass is 543 g/mol. The molecule has 3 aliphatic rings. The van der Waals surface area contributed by atoms with Crippen molar-refractivity contribution in [3.05, 3.63) is 23.5 Å². The summed E-state index contributed by atoms with van der Waals surface area (Å²) in [6.07, 6.45) is 4.05. The highest BCUT2D eigenvalue weighted by atomic mass is 19.1. The van der Waals surface area contributed by atoms with E-state index in [9.17, 15) is 29.1 Å². The smallest absolute Gasteiger partial charge is 0.309 e. The molecule has 0 spiro atoms. The van der Waals surface area contributed by atoms with Gasteiger partial charge in [0.05, 0.1) is 41.6 Å². The Balaban J connectivity index is 1.48. The highest BCUT2D eigenvalue weighted by Gasteiger charge is 2.51. The van der Waals surface area contributed by atoms with Crippen LogP contribution in [0.5, 0.6) is 11.5 Å². The summed E-state index contributed by atoms with van der Waals surface area (Å²) in [5.74, 6) is -2.30. The molecule has 0 unspecified atom stereocenters. The van der Waals surface area contributed by atoms with E-state index in [1.807, 2.05) is 0 Å². The summed E-state index contributed by atoms with van der Waals surface area (Å²) in [7, 11) is 1.35. The minimum absolute atomic E-state index is 0.0550. The fraction of sp³-hybridized carbons (Fsp3) is 0.655. The minimum Gasteiger partial charge on any atom is -0.496 e. The fourth-order valence-electron chi connectivity index (χ4n) is 6.28. The molecule has 0 aliphatic heterocycles. The predicted molar refractivity (Wildman–Crippen MR) is 140 cm³/mol. The first-order chi connectivity index (χ1) is 18.4. The summed E-state index contributed by atoms with van der Waals surface area (Å²) in [6.45, 7) is 5.43. The van der Waals surface area contributed by atoms with Gasteiger partial charge in [-0.15, -0.1) is 0 Å². The van der Waals surface area contributed by atoms with Crippen molar-refractivity contribution in [2.45, 2.75) is 77.9 Å². The van der Waals surface area contributed by atoms with Crippen molar-refractivity contribution in [3.63, 3.8) is 0 Å². The van der Waals surface area contributed by atoms with Crippen molar-refractivity contribution in [1.29, 1.82) is 5.26 Å². The third kappa shape index (κ3) is 5.97. The van der Waals surface area contributed by atoms with Crippen LogP contribution >= 0.6 is 0 Å². The van der Waals surface area contributed by atoms with Crippen LogP contribution in [0.25, 0.3) is 0 Å². The first kappa shape index (κ1) is 28.7. The number of rotatable bonds is 9. The van der Waals surface area contributed by atoms with Crippen LogP contribution in [0.2, 0.25) is 0 Å². The maximum atomic E-state index is 14.9. The van der Waals surface area contributed by atoms with Gasteiger partial charge < -0.3 is 25.2 Å². The molecule has 4 atom stereocenters. The molecule has 39 heavy (non-hydrogen) atoms. The van der Waals surface area contributed by atoms with E-state index in [1.54, 1.807) is 20.8 Å². The SMILES string of the molecule is COc1cc(F)c(OC2CCC(C)(C(=O)O)CC2)cc1C(=O)N[C@@H]1[C@H]2CC[C@H](C2)[C@@H]1C(=O)NCC(C)(C)C#N. The zero-order valence-electron chi connectivity index (χ0n) is 23.0. The van der Waals surface area contributed by atoms with Gasteiger partial charge in [-0.3, -0.25) is 14.4 Å². The van der Waals surface area contributed by atoms with E-state index in [-0.39, 0.29) is 53.5 Å². The van der Waals surface area contributed by atoms with E-state index in [0.29, 0.717) is 25.7 Å². The van der Waals surface area contributed by atoms with Crippen LogP contribution in [-0.4, -0.2) is 48.7 Å². The van der Waals surface area contributed by atoms with Crippen molar-refractivity contribution in [1.82, 2.24) is 10.6 Å². The number of carboxylic acid groups (broad SMARTS) is 1. The largest absolute Gasteiger partial charge is 0.496 e. The summed E-state index contributed by atoms with van der Waals surface area (Å²) < 4.78 is 26.1. The average Bonchev–Trinajstić information content (AvgIpc) is 3.51. The lowest BCUT2D eigenvalue weighted by Crippen LogP contribution is -2.50. The molecule has 2 bridgehead atoms. The lowest BCUT2D eigenvalue weighted by molar-refractivity contribution is -0.150. The molecule has 0 aromatic heterocycles. The van der Waals surface area contributed by atoms with Gasteiger partial charge in [-0.1, -0.05) is 0 Å². The molecule has 0 saturated heterocycles. The van der Waals surface area contributed by atoms with Gasteiger partial charge in [0.1, 0.15) is 5.75 Å². The fourth-order valence-corrected chi connectivity index (χ4v) is 6.28. The lowest BCUT2D eigenvalue weighted by Gasteiger charge is -2.34. The highest BCUT2D eigenvalue weighted by molar-refractivity contribution is 5.98. The number of halogens is 1. The van der Waals surface area contributed by atoms with Crippen LogP contribution in [0.15, 0.2) is 12.1 Å². The van der Waals surface area contributed by atoms with Crippen LogP contribution in [0.4, 0.5) is 4.39 Å². The third-order valence-electron chi connectivity index (χ3n) is 8.87. The highest BCUT2D eigenvalue weighted by Crippen LogP contribution is 2.49. The molecule has 3 fully saturated rings. The number of carbonyl (C=O) groups excluding carboxylic acids is 2. The Hall–Kier alpha value is -3.35. The molecule has 3 aliphatic carbocycles. The zero-order chi connectivity index (χ0) is 28.5. The van der Waals surface area contributed by atoms with Gasteiger partial charge in [-0.25, -0.2) is 4.39 Å². The topological polar surface area (TPSA) is 138 Å². The molecule has 3 N–H and O–H groups in total. The summed E-state index contributed by atoms with van der Waals surface area (Å²) in [5.41, 5.74) is -1.42. The number of aliphatic carboxylic acids is 1. The van der Waals surface area contributed by atoms with Crippen LogP contribution < -0.4 is 20.1 Å². The Morgan fingerprint density at radius 1 is 1.15 bits per heavy atom. The van der Waals surface area contributed by atoms with Gasteiger partial charge in [0.15, 0.2) is 11.6 Å². The Bertz CT molecular complexity index is 1170. The molecule has 0 heterocycles. The predicted octanol–water partition coefficient (Wildman–Crippen LogP) is 4.06. The van der Waals surface area contributed by atoms with Crippen LogP contribution in [0, 0.1) is 45.7 Å². The maximum Gasteiger partial charge on any atom is 0.309 e. The molecule has 10 heteroatoms. The van der Waals surface area contributed by atoms with E-state index >= 15 is 0 Å². The second-order valence-electron chi connectivity index (χ2n) is 12.2. The second kappa shape index (κ2) is 11.0. The average molecular weight is 544 g/mol. The number of carbonyl (C=O) groups is 3. The van der Waals surface area contributed by atoms with Gasteiger partial charge >= 0.3 is 5.97 Å². The molecular weight excluding hydrogens is 505 g/mol. The summed E-state index contributed by atoms with van der Waals surface area (Å²) in [4.78, 5) is 38.2. The van der Waals surface area contributed by atoms with E-state index in [0.717, 1.165) is 25.3 Å². The quantitative estimate of drug-likeness (QED) is 0.427. The van der Waals surface area contributed by atoms with Crippen LogP contribution in [-0.2, 0) is 9.59 Å². The normalized spacial score (nSPS) is 29.8.